The average molecular weight is 332 g/mol. The molecule has 1 N–H and O–H groups in total. The first kappa shape index (κ1) is 14.3. The van der Waals surface area contributed by atoms with E-state index in [1.807, 2.05) is 6.07 Å². The van der Waals surface area contributed by atoms with Crippen molar-refractivity contribution >= 4 is 27.5 Å². The number of nitrogens with zero attached hydrogens (tertiary/aromatic N) is 1. The van der Waals surface area contributed by atoms with Gasteiger partial charge in [-0.2, -0.15) is 0 Å². The van der Waals surface area contributed by atoms with E-state index in [9.17, 15) is 0 Å². The van der Waals surface area contributed by atoms with E-state index >= 15 is 0 Å². The molecule has 0 aromatic heterocycles. The molecule has 1 heterocycles. The maximum atomic E-state index is 6.27. The molecule has 1 atom stereocenters. The number of hydrogen-bond donors (Lipinski definition) is 1. The molecule has 1 aliphatic rings. The first-order valence-corrected chi connectivity index (χ1v) is 7.76. The van der Waals surface area contributed by atoms with Crippen molar-refractivity contribution < 1.29 is 0 Å². The monoisotopic (exact) mass is 330 g/mol. The fourth-order valence-electron chi connectivity index (χ4n) is 2.47. The minimum absolute atomic E-state index is 0.637. The Morgan fingerprint density at radius 1 is 1.50 bits per heavy atom. The van der Waals surface area contributed by atoms with Gasteiger partial charge in [0.25, 0.3) is 0 Å². The zero-order chi connectivity index (χ0) is 13.0. The normalized spacial score (nSPS) is 21.2. The quantitative estimate of drug-likeness (QED) is 0.905. The predicted molar refractivity (Wildman–Crippen MR) is 81.1 cm³/mol. The van der Waals surface area contributed by atoms with Crippen molar-refractivity contribution in [2.45, 2.75) is 32.4 Å². The number of nitrogens with one attached hydrogen (secondary N) is 1. The van der Waals surface area contributed by atoms with Crippen LogP contribution in [0.3, 0.4) is 0 Å². The van der Waals surface area contributed by atoms with E-state index in [0.29, 0.717) is 6.04 Å². The van der Waals surface area contributed by atoms with Crippen LogP contribution < -0.4 is 5.32 Å². The number of benzene rings is 1. The highest BCUT2D eigenvalue weighted by Gasteiger charge is 2.19. The Morgan fingerprint density at radius 2 is 2.33 bits per heavy atom. The topological polar surface area (TPSA) is 15.3 Å². The smallest absolute Gasteiger partial charge is 0.0462 e. The molecule has 0 bridgehead atoms. The summed E-state index contributed by atoms with van der Waals surface area (Å²) in [6.07, 6.45) is 2.50. The lowest BCUT2D eigenvalue weighted by Gasteiger charge is -2.33. The summed E-state index contributed by atoms with van der Waals surface area (Å²) < 4.78 is 1.04. The molecule has 0 amide bonds. The second-order valence-electron chi connectivity index (χ2n) is 4.91. The molecule has 100 valence electrons. The van der Waals surface area contributed by atoms with Gasteiger partial charge in [-0.05, 0) is 24.1 Å². The average Bonchev–Trinajstić information content (AvgIpc) is 2.34. The fourth-order valence-corrected chi connectivity index (χ4v) is 3.20. The molecule has 18 heavy (non-hydrogen) atoms. The molecule has 1 fully saturated rings. The number of halogens is 2. The number of rotatable bonds is 4. The molecule has 2 nitrogen and oxygen atoms in total. The molecule has 4 heteroatoms. The molecular weight excluding hydrogens is 312 g/mol. The minimum atomic E-state index is 0.637. The van der Waals surface area contributed by atoms with Crippen LogP contribution in [0.1, 0.15) is 25.3 Å². The Morgan fingerprint density at radius 3 is 3.06 bits per heavy atom. The first-order chi connectivity index (χ1) is 8.69. The lowest BCUT2D eigenvalue weighted by Crippen LogP contribution is -2.50. The second kappa shape index (κ2) is 6.90. The van der Waals surface area contributed by atoms with Gasteiger partial charge < -0.3 is 5.32 Å². The van der Waals surface area contributed by atoms with E-state index in [-0.39, 0.29) is 0 Å². The molecule has 1 unspecified atom stereocenters. The van der Waals surface area contributed by atoms with Gasteiger partial charge in [-0.25, -0.2) is 0 Å². The summed E-state index contributed by atoms with van der Waals surface area (Å²) in [4.78, 5) is 2.49. The van der Waals surface area contributed by atoms with Crippen molar-refractivity contribution in [2.75, 3.05) is 19.6 Å². The highest BCUT2D eigenvalue weighted by molar-refractivity contribution is 9.10. The molecule has 1 aromatic carbocycles. The summed E-state index contributed by atoms with van der Waals surface area (Å²) in [5.41, 5.74) is 1.22. The summed E-state index contributed by atoms with van der Waals surface area (Å²) >= 11 is 9.72. The first-order valence-electron chi connectivity index (χ1n) is 6.58. The van der Waals surface area contributed by atoms with E-state index in [1.165, 1.54) is 18.4 Å². The highest BCUT2D eigenvalue weighted by Crippen LogP contribution is 2.23. The maximum absolute atomic E-state index is 6.27. The van der Waals surface area contributed by atoms with Gasteiger partial charge in [0.1, 0.15) is 0 Å². The zero-order valence-electron chi connectivity index (χ0n) is 10.8. The predicted octanol–water partition coefficient (Wildman–Crippen LogP) is 3.68. The number of piperazine rings is 1. The third-order valence-electron chi connectivity index (χ3n) is 3.39. The van der Waals surface area contributed by atoms with Crippen LogP contribution in [0, 0.1) is 0 Å². The Kier molecular flexibility index (Phi) is 5.49. The van der Waals surface area contributed by atoms with Gasteiger partial charge in [0.2, 0.25) is 0 Å². The van der Waals surface area contributed by atoms with Crippen molar-refractivity contribution in [3.63, 3.8) is 0 Å². The highest BCUT2D eigenvalue weighted by atomic mass is 79.9. The lowest BCUT2D eigenvalue weighted by atomic mass is 10.1. The van der Waals surface area contributed by atoms with Crippen molar-refractivity contribution in [3.05, 3.63) is 33.3 Å². The Labute approximate surface area is 123 Å². The van der Waals surface area contributed by atoms with Gasteiger partial charge in [0.15, 0.2) is 0 Å². The summed E-state index contributed by atoms with van der Waals surface area (Å²) in [7, 11) is 0. The summed E-state index contributed by atoms with van der Waals surface area (Å²) in [5.74, 6) is 0. The maximum Gasteiger partial charge on any atom is 0.0462 e. The lowest BCUT2D eigenvalue weighted by molar-refractivity contribution is 0.187. The third kappa shape index (κ3) is 3.95. The van der Waals surface area contributed by atoms with Gasteiger partial charge in [-0.3, -0.25) is 4.90 Å². The Bertz CT molecular complexity index is 395. The van der Waals surface area contributed by atoms with E-state index in [2.05, 4.69) is 45.2 Å². The van der Waals surface area contributed by atoms with Gasteiger partial charge in [-0.1, -0.05) is 46.9 Å². The fraction of sp³-hybridized carbons (Fsp3) is 0.571. The molecule has 0 aliphatic carbocycles. The van der Waals surface area contributed by atoms with E-state index in [4.69, 9.17) is 11.6 Å². The van der Waals surface area contributed by atoms with E-state index in [0.717, 1.165) is 35.7 Å². The summed E-state index contributed by atoms with van der Waals surface area (Å²) in [6.45, 7) is 6.51. The zero-order valence-corrected chi connectivity index (χ0v) is 13.1. The van der Waals surface area contributed by atoms with Crippen LogP contribution >= 0.6 is 27.5 Å². The molecule has 1 aromatic rings. The van der Waals surface area contributed by atoms with Crippen LogP contribution in [0.2, 0.25) is 5.02 Å². The molecular formula is C14H20BrClN2. The molecule has 0 saturated carbocycles. The van der Waals surface area contributed by atoms with Crippen LogP contribution in [-0.2, 0) is 6.54 Å². The molecule has 1 saturated heterocycles. The van der Waals surface area contributed by atoms with Crippen LogP contribution in [0.25, 0.3) is 0 Å². The Hall–Kier alpha value is -0.0900. The van der Waals surface area contributed by atoms with Crippen molar-refractivity contribution in [3.8, 4) is 0 Å². The van der Waals surface area contributed by atoms with Crippen LogP contribution in [0.15, 0.2) is 22.7 Å². The van der Waals surface area contributed by atoms with Crippen LogP contribution in [0.4, 0.5) is 0 Å². The van der Waals surface area contributed by atoms with Gasteiger partial charge >= 0.3 is 0 Å². The Balaban J connectivity index is 1.96. The van der Waals surface area contributed by atoms with Gasteiger partial charge in [0.05, 0.1) is 0 Å². The molecule has 2 rings (SSSR count). The standard InChI is InChI=1S/C14H20BrClN2/c1-2-3-13-10-18(7-6-17-13)9-11-4-5-12(15)8-14(11)16/h4-5,8,13,17H,2-3,6-7,9-10H2,1H3. The third-order valence-corrected chi connectivity index (χ3v) is 4.23. The van der Waals surface area contributed by atoms with E-state index < -0.39 is 0 Å². The molecule has 0 spiro atoms. The van der Waals surface area contributed by atoms with Crippen molar-refractivity contribution in [2.24, 2.45) is 0 Å². The minimum Gasteiger partial charge on any atom is -0.311 e. The van der Waals surface area contributed by atoms with Crippen LogP contribution in [-0.4, -0.2) is 30.6 Å². The van der Waals surface area contributed by atoms with Crippen LogP contribution in [0.5, 0.6) is 0 Å². The van der Waals surface area contributed by atoms with Crippen molar-refractivity contribution in [1.82, 2.24) is 10.2 Å². The van der Waals surface area contributed by atoms with Crippen molar-refractivity contribution in [1.29, 1.82) is 0 Å². The number of hydrogen-bond acceptors (Lipinski definition) is 2. The SMILES string of the molecule is CCCC1CN(Cc2ccc(Br)cc2Cl)CCN1. The van der Waals surface area contributed by atoms with Gasteiger partial charge in [0, 0.05) is 41.7 Å². The largest absolute Gasteiger partial charge is 0.311 e. The molecule has 0 radical (unpaired) electrons. The summed E-state index contributed by atoms with van der Waals surface area (Å²) in [6, 6.07) is 6.79. The second-order valence-corrected chi connectivity index (χ2v) is 6.23. The van der Waals surface area contributed by atoms with E-state index in [1.54, 1.807) is 0 Å². The van der Waals surface area contributed by atoms with Gasteiger partial charge in [-0.15, -0.1) is 0 Å². The molecule has 1 aliphatic heterocycles. The summed E-state index contributed by atoms with van der Waals surface area (Å²) in [5, 5.41) is 4.43.